The van der Waals surface area contributed by atoms with Gasteiger partial charge in [0.2, 0.25) is 0 Å². The molecule has 4 nitrogen and oxygen atoms in total. The molecule has 0 spiro atoms. The molecule has 1 aromatic heterocycles. The normalized spacial score (nSPS) is 10.1. The minimum absolute atomic E-state index is 0.125. The summed E-state index contributed by atoms with van der Waals surface area (Å²) in [6, 6.07) is 9.45. The first-order chi connectivity index (χ1) is 9.70. The van der Waals surface area contributed by atoms with Gasteiger partial charge in [-0.25, -0.2) is 0 Å². The number of hydrogen-bond acceptors (Lipinski definition) is 3. The van der Waals surface area contributed by atoms with Crippen LogP contribution in [0.15, 0.2) is 42.7 Å². The molecule has 0 aliphatic rings. The van der Waals surface area contributed by atoms with Crippen molar-refractivity contribution in [3.8, 4) is 0 Å². The Bertz CT molecular complexity index is 582. The highest BCUT2D eigenvalue weighted by Crippen LogP contribution is 2.19. The van der Waals surface area contributed by atoms with Gasteiger partial charge in [0.15, 0.2) is 0 Å². The van der Waals surface area contributed by atoms with Gasteiger partial charge in [-0.15, -0.1) is 0 Å². The zero-order chi connectivity index (χ0) is 14.4. The van der Waals surface area contributed by atoms with Gasteiger partial charge in [0.25, 0.3) is 5.91 Å². The molecule has 2 aromatic rings. The molecule has 1 amide bonds. The molecule has 0 saturated carbocycles. The van der Waals surface area contributed by atoms with Gasteiger partial charge in [-0.05, 0) is 37.6 Å². The molecule has 20 heavy (non-hydrogen) atoms. The van der Waals surface area contributed by atoms with Gasteiger partial charge in [0, 0.05) is 18.4 Å². The lowest BCUT2D eigenvalue weighted by Gasteiger charge is -2.12. The lowest BCUT2D eigenvalue weighted by Crippen LogP contribution is -2.15. The second-order valence-corrected chi connectivity index (χ2v) is 4.67. The fourth-order valence-electron chi connectivity index (χ4n) is 1.89. The van der Waals surface area contributed by atoms with Crippen molar-refractivity contribution >= 4 is 17.3 Å². The van der Waals surface area contributed by atoms with Crippen molar-refractivity contribution in [3.63, 3.8) is 0 Å². The van der Waals surface area contributed by atoms with Gasteiger partial charge < -0.3 is 10.6 Å². The first kappa shape index (κ1) is 14.1. The van der Waals surface area contributed by atoms with E-state index in [0.717, 1.165) is 24.2 Å². The van der Waals surface area contributed by atoms with E-state index in [1.54, 1.807) is 18.5 Å². The molecule has 2 rings (SSSR count). The second kappa shape index (κ2) is 6.70. The van der Waals surface area contributed by atoms with Crippen LogP contribution >= 0.6 is 0 Å². The molecule has 0 aliphatic heterocycles. The Morgan fingerprint density at radius 1 is 1.30 bits per heavy atom. The maximum Gasteiger partial charge on any atom is 0.257 e. The molecule has 0 fully saturated rings. The fraction of sp³-hybridized carbons (Fsp3) is 0.250. The van der Waals surface area contributed by atoms with E-state index >= 15 is 0 Å². The van der Waals surface area contributed by atoms with E-state index in [2.05, 4.69) is 22.5 Å². The van der Waals surface area contributed by atoms with Crippen molar-refractivity contribution in [2.24, 2.45) is 0 Å². The van der Waals surface area contributed by atoms with Crippen molar-refractivity contribution < 1.29 is 4.79 Å². The van der Waals surface area contributed by atoms with Gasteiger partial charge in [-0.2, -0.15) is 0 Å². The van der Waals surface area contributed by atoms with E-state index in [4.69, 9.17) is 0 Å². The number of rotatable bonds is 5. The number of nitrogens with one attached hydrogen (secondary N) is 2. The van der Waals surface area contributed by atoms with Crippen LogP contribution in [0.3, 0.4) is 0 Å². The fourth-order valence-corrected chi connectivity index (χ4v) is 1.89. The topological polar surface area (TPSA) is 54.0 Å². The van der Waals surface area contributed by atoms with Crippen LogP contribution in [-0.2, 0) is 0 Å². The Hall–Kier alpha value is -2.36. The van der Waals surface area contributed by atoms with Crippen molar-refractivity contribution in [3.05, 3.63) is 53.9 Å². The number of benzene rings is 1. The summed E-state index contributed by atoms with van der Waals surface area (Å²) in [5.74, 6) is -0.125. The van der Waals surface area contributed by atoms with Gasteiger partial charge in [-0.1, -0.05) is 18.6 Å². The smallest absolute Gasteiger partial charge is 0.257 e. The summed E-state index contributed by atoms with van der Waals surface area (Å²) in [6.45, 7) is 4.91. The van der Waals surface area contributed by atoms with E-state index in [1.807, 2.05) is 31.2 Å². The van der Waals surface area contributed by atoms with E-state index in [9.17, 15) is 4.79 Å². The Labute approximate surface area is 119 Å². The Balaban J connectivity index is 2.21. The largest absolute Gasteiger partial charge is 0.384 e. The lowest BCUT2D eigenvalue weighted by molar-refractivity contribution is 0.102. The molecule has 1 heterocycles. The molecular formula is C16H19N3O. The molecule has 0 radical (unpaired) electrons. The van der Waals surface area contributed by atoms with Crippen LogP contribution in [0.1, 0.15) is 29.3 Å². The monoisotopic (exact) mass is 269 g/mol. The number of anilines is 2. The van der Waals surface area contributed by atoms with Crippen LogP contribution in [0, 0.1) is 6.92 Å². The average molecular weight is 269 g/mol. The van der Waals surface area contributed by atoms with Crippen LogP contribution < -0.4 is 10.6 Å². The first-order valence-electron chi connectivity index (χ1n) is 6.76. The highest BCUT2D eigenvalue weighted by Gasteiger charge is 2.11. The summed E-state index contributed by atoms with van der Waals surface area (Å²) >= 11 is 0. The summed E-state index contributed by atoms with van der Waals surface area (Å²) < 4.78 is 0. The highest BCUT2D eigenvalue weighted by atomic mass is 16.1. The molecular weight excluding hydrogens is 250 g/mol. The SMILES string of the molecule is CCCNc1ccc(C)cc1C(=O)Nc1cccnc1. The predicted octanol–water partition coefficient (Wildman–Crippen LogP) is 3.46. The quantitative estimate of drug-likeness (QED) is 0.874. The summed E-state index contributed by atoms with van der Waals surface area (Å²) in [6.07, 6.45) is 4.32. The lowest BCUT2D eigenvalue weighted by atomic mass is 10.1. The number of hydrogen-bond donors (Lipinski definition) is 2. The maximum atomic E-state index is 12.4. The summed E-state index contributed by atoms with van der Waals surface area (Å²) in [5.41, 5.74) is 3.27. The minimum Gasteiger partial charge on any atom is -0.384 e. The number of amides is 1. The Kier molecular flexibility index (Phi) is 4.71. The zero-order valence-corrected chi connectivity index (χ0v) is 11.8. The number of carbonyl (C=O) groups excluding carboxylic acids is 1. The van der Waals surface area contributed by atoms with Crippen LogP contribution in [0.2, 0.25) is 0 Å². The standard InChI is InChI=1S/C16H19N3O/c1-3-8-18-15-7-6-12(2)10-14(15)16(20)19-13-5-4-9-17-11-13/h4-7,9-11,18H,3,8H2,1-2H3,(H,19,20). The number of pyridine rings is 1. The van der Waals surface area contributed by atoms with Crippen LogP contribution in [0.5, 0.6) is 0 Å². The average Bonchev–Trinajstić information content (AvgIpc) is 2.47. The first-order valence-corrected chi connectivity index (χ1v) is 6.76. The zero-order valence-electron chi connectivity index (χ0n) is 11.8. The highest BCUT2D eigenvalue weighted by molar-refractivity contribution is 6.08. The summed E-state index contributed by atoms with van der Waals surface area (Å²) in [7, 11) is 0. The van der Waals surface area contributed by atoms with E-state index in [-0.39, 0.29) is 5.91 Å². The van der Waals surface area contributed by atoms with E-state index in [1.165, 1.54) is 0 Å². The van der Waals surface area contributed by atoms with Crippen molar-refractivity contribution in [1.29, 1.82) is 0 Å². The third-order valence-corrected chi connectivity index (χ3v) is 2.90. The maximum absolute atomic E-state index is 12.4. The predicted molar refractivity (Wildman–Crippen MR) is 82.1 cm³/mol. The molecule has 0 bridgehead atoms. The molecule has 0 aliphatic carbocycles. The molecule has 0 atom stereocenters. The Morgan fingerprint density at radius 2 is 2.15 bits per heavy atom. The summed E-state index contributed by atoms with van der Waals surface area (Å²) in [4.78, 5) is 16.4. The second-order valence-electron chi connectivity index (χ2n) is 4.67. The molecule has 0 saturated heterocycles. The number of carbonyl (C=O) groups is 1. The molecule has 104 valence electrons. The van der Waals surface area contributed by atoms with Crippen molar-refractivity contribution in [1.82, 2.24) is 4.98 Å². The number of aromatic nitrogens is 1. The third kappa shape index (κ3) is 3.57. The van der Waals surface area contributed by atoms with Crippen molar-refractivity contribution in [2.45, 2.75) is 20.3 Å². The van der Waals surface area contributed by atoms with Gasteiger partial charge in [0.1, 0.15) is 0 Å². The van der Waals surface area contributed by atoms with Crippen molar-refractivity contribution in [2.75, 3.05) is 17.2 Å². The molecule has 1 aromatic carbocycles. The number of aryl methyl sites for hydroxylation is 1. The molecule has 2 N–H and O–H groups in total. The van der Waals surface area contributed by atoms with Crippen LogP contribution in [0.4, 0.5) is 11.4 Å². The van der Waals surface area contributed by atoms with Gasteiger partial charge >= 0.3 is 0 Å². The van der Waals surface area contributed by atoms with Crippen LogP contribution in [0.25, 0.3) is 0 Å². The van der Waals surface area contributed by atoms with Crippen LogP contribution in [-0.4, -0.2) is 17.4 Å². The minimum atomic E-state index is -0.125. The Morgan fingerprint density at radius 3 is 2.85 bits per heavy atom. The van der Waals surface area contributed by atoms with Gasteiger partial charge in [0.05, 0.1) is 17.4 Å². The van der Waals surface area contributed by atoms with Gasteiger partial charge in [-0.3, -0.25) is 9.78 Å². The third-order valence-electron chi connectivity index (χ3n) is 2.90. The molecule has 4 heteroatoms. The summed E-state index contributed by atoms with van der Waals surface area (Å²) in [5, 5.41) is 6.14. The number of nitrogens with zero attached hydrogens (tertiary/aromatic N) is 1. The van der Waals surface area contributed by atoms with E-state index < -0.39 is 0 Å². The van der Waals surface area contributed by atoms with E-state index in [0.29, 0.717) is 11.3 Å². The molecule has 0 unspecified atom stereocenters.